The topological polar surface area (TPSA) is 63.3 Å². The Labute approximate surface area is 116 Å². The predicted octanol–water partition coefficient (Wildman–Crippen LogP) is 3.78. The van der Waals surface area contributed by atoms with Gasteiger partial charge in [0.05, 0.1) is 0 Å². The Morgan fingerprint density at radius 2 is 2.00 bits per heavy atom. The van der Waals surface area contributed by atoms with Crippen molar-refractivity contribution in [1.29, 1.82) is 0 Å². The molecule has 0 bridgehead atoms. The van der Waals surface area contributed by atoms with Gasteiger partial charge in [0.25, 0.3) is 0 Å². The van der Waals surface area contributed by atoms with Gasteiger partial charge in [0.15, 0.2) is 0 Å². The molecule has 0 saturated heterocycles. The molecule has 0 amide bonds. The fourth-order valence-corrected chi connectivity index (χ4v) is 1.96. The summed E-state index contributed by atoms with van der Waals surface area (Å²) in [6.45, 7) is 7.30. The maximum absolute atomic E-state index is 13.1. The molecular weight excluding hydrogens is 261 g/mol. The van der Waals surface area contributed by atoms with Crippen LogP contribution < -0.4 is 0 Å². The van der Waals surface area contributed by atoms with Crippen molar-refractivity contribution in [1.82, 2.24) is 4.98 Å². The van der Waals surface area contributed by atoms with Crippen molar-refractivity contribution in [3.63, 3.8) is 0 Å². The second-order valence-corrected chi connectivity index (χ2v) is 5.71. The van der Waals surface area contributed by atoms with Gasteiger partial charge in [0, 0.05) is 11.0 Å². The van der Waals surface area contributed by atoms with E-state index in [1.54, 1.807) is 6.92 Å². The van der Waals surface area contributed by atoms with Crippen molar-refractivity contribution in [3.8, 4) is 11.5 Å². The third-order valence-corrected chi connectivity index (χ3v) is 2.95. The maximum Gasteiger partial charge on any atom is 0.373 e. The number of hydrogen-bond donors (Lipinski definition) is 1. The van der Waals surface area contributed by atoms with Crippen molar-refractivity contribution in [2.45, 2.75) is 33.1 Å². The van der Waals surface area contributed by atoms with Gasteiger partial charge < -0.3 is 9.52 Å². The van der Waals surface area contributed by atoms with E-state index in [0.29, 0.717) is 16.8 Å². The minimum atomic E-state index is -1.16. The van der Waals surface area contributed by atoms with Gasteiger partial charge in [-0.15, -0.1) is 0 Å². The van der Waals surface area contributed by atoms with Crippen molar-refractivity contribution in [3.05, 3.63) is 41.0 Å². The fourth-order valence-electron chi connectivity index (χ4n) is 1.96. The molecule has 0 aliphatic rings. The largest absolute Gasteiger partial charge is 0.475 e. The van der Waals surface area contributed by atoms with E-state index in [2.05, 4.69) is 4.98 Å². The van der Waals surface area contributed by atoms with E-state index in [1.165, 1.54) is 18.2 Å². The van der Waals surface area contributed by atoms with Crippen LogP contribution in [0.4, 0.5) is 4.39 Å². The van der Waals surface area contributed by atoms with Crippen LogP contribution in [-0.2, 0) is 5.41 Å². The third-order valence-electron chi connectivity index (χ3n) is 2.95. The quantitative estimate of drug-likeness (QED) is 0.907. The van der Waals surface area contributed by atoms with Gasteiger partial charge in [0.1, 0.15) is 11.5 Å². The molecule has 1 heterocycles. The van der Waals surface area contributed by atoms with Crippen molar-refractivity contribution in [2.75, 3.05) is 0 Å². The van der Waals surface area contributed by atoms with Crippen LogP contribution in [-0.4, -0.2) is 16.1 Å². The minimum Gasteiger partial charge on any atom is -0.475 e. The lowest BCUT2D eigenvalue weighted by molar-refractivity contribution is 0.0659. The van der Waals surface area contributed by atoms with E-state index in [-0.39, 0.29) is 17.5 Å². The van der Waals surface area contributed by atoms with Crippen LogP contribution in [0.5, 0.6) is 0 Å². The highest BCUT2D eigenvalue weighted by atomic mass is 19.1. The van der Waals surface area contributed by atoms with E-state index >= 15 is 0 Å². The number of hydrogen-bond acceptors (Lipinski definition) is 3. The number of aryl methyl sites for hydroxylation is 1. The number of carboxylic acid groups (broad SMARTS) is 1. The molecule has 0 aliphatic carbocycles. The van der Waals surface area contributed by atoms with E-state index in [1.807, 2.05) is 20.8 Å². The molecule has 4 nitrogen and oxygen atoms in total. The smallest absolute Gasteiger partial charge is 0.373 e. The number of carboxylic acids is 1. The molecule has 106 valence electrons. The average molecular weight is 277 g/mol. The van der Waals surface area contributed by atoms with Crippen LogP contribution in [0.25, 0.3) is 11.5 Å². The lowest BCUT2D eigenvalue weighted by Crippen LogP contribution is -2.16. The Balaban J connectivity index is 2.62. The number of nitrogens with zero attached hydrogens (tertiary/aromatic N) is 1. The third kappa shape index (κ3) is 2.57. The number of halogens is 1. The van der Waals surface area contributed by atoms with Crippen LogP contribution in [0, 0.1) is 12.7 Å². The molecule has 0 spiro atoms. The van der Waals surface area contributed by atoms with Crippen molar-refractivity contribution < 1.29 is 18.7 Å². The Morgan fingerprint density at radius 1 is 1.35 bits per heavy atom. The summed E-state index contributed by atoms with van der Waals surface area (Å²) in [5, 5.41) is 9.21. The predicted molar refractivity (Wildman–Crippen MR) is 72.3 cm³/mol. The van der Waals surface area contributed by atoms with Gasteiger partial charge in [-0.1, -0.05) is 20.8 Å². The van der Waals surface area contributed by atoms with Gasteiger partial charge in [-0.05, 0) is 30.7 Å². The molecule has 2 aromatic rings. The summed E-state index contributed by atoms with van der Waals surface area (Å²) in [5.41, 5.74) is 1.15. The molecule has 5 heteroatoms. The van der Waals surface area contributed by atoms with Gasteiger partial charge in [-0.3, -0.25) is 0 Å². The van der Waals surface area contributed by atoms with Crippen LogP contribution in [0.2, 0.25) is 0 Å². The van der Waals surface area contributed by atoms with Crippen LogP contribution in [0.15, 0.2) is 22.6 Å². The maximum atomic E-state index is 13.1. The number of rotatable bonds is 2. The summed E-state index contributed by atoms with van der Waals surface area (Å²) in [6, 6.07) is 4.19. The van der Waals surface area contributed by atoms with Crippen molar-refractivity contribution >= 4 is 5.97 Å². The Hall–Kier alpha value is -2.17. The second-order valence-electron chi connectivity index (χ2n) is 5.71. The average Bonchev–Trinajstić information content (AvgIpc) is 2.73. The Kier molecular flexibility index (Phi) is 3.38. The standard InChI is InChI=1S/C15H16FNO3/c1-8-7-9(16)5-6-10(8)13-17-12(15(2,3)4)11(20-13)14(18)19/h5-7H,1-4H3,(H,18,19). The highest BCUT2D eigenvalue weighted by molar-refractivity contribution is 5.86. The summed E-state index contributed by atoms with van der Waals surface area (Å²) in [4.78, 5) is 15.6. The summed E-state index contributed by atoms with van der Waals surface area (Å²) < 4.78 is 18.5. The summed E-state index contributed by atoms with van der Waals surface area (Å²) >= 11 is 0. The molecule has 0 saturated carbocycles. The normalized spacial score (nSPS) is 11.7. The number of aromatic carboxylic acids is 1. The highest BCUT2D eigenvalue weighted by Gasteiger charge is 2.29. The molecule has 1 N–H and O–H groups in total. The van der Waals surface area contributed by atoms with Crippen LogP contribution >= 0.6 is 0 Å². The molecule has 0 fully saturated rings. The van der Waals surface area contributed by atoms with Gasteiger partial charge >= 0.3 is 5.97 Å². The Bertz CT molecular complexity index is 668. The number of aromatic nitrogens is 1. The first-order chi connectivity index (χ1) is 9.20. The minimum absolute atomic E-state index is 0.170. The molecule has 1 aromatic heterocycles. The Morgan fingerprint density at radius 3 is 2.45 bits per heavy atom. The van der Waals surface area contributed by atoms with E-state index in [9.17, 15) is 14.3 Å². The number of benzene rings is 1. The zero-order chi connectivity index (χ0) is 15.1. The zero-order valence-corrected chi connectivity index (χ0v) is 11.8. The summed E-state index contributed by atoms with van der Waals surface area (Å²) in [6.07, 6.45) is 0. The molecular formula is C15H16FNO3. The lowest BCUT2D eigenvalue weighted by Gasteiger charge is -2.14. The number of oxazole rings is 1. The van der Waals surface area contributed by atoms with Gasteiger partial charge in [0.2, 0.25) is 11.7 Å². The van der Waals surface area contributed by atoms with Crippen molar-refractivity contribution in [2.24, 2.45) is 0 Å². The molecule has 0 atom stereocenters. The van der Waals surface area contributed by atoms with Gasteiger partial charge in [-0.2, -0.15) is 0 Å². The second kappa shape index (κ2) is 4.74. The van der Waals surface area contributed by atoms with E-state index in [0.717, 1.165) is 0 Å². The van der Waals surface area contributed by atoms with E-state index in [4.69, 9.17) is 4.42 Å². The fraction of sp³-hybridized carbons (Fsp3) is 0.333. The zero-order valence-electron chi connectivity index (χ0n) is 11.8. The first-order valence-electron chi connectivity index (χ1n) is 6.21. The molecule has 1 aromatic carbocycles. The summed E-state index contributed by atoms with van der Waals surface area (Å²) in [7, 11) is 0. The van der Waals surface area contributed by atoms with Crippen LogP contribution in [0.3, 0.4) is 0 Å². The highest BCUT2D eigenvalue weighted by Crippen LogP contribution is 2.31. The first-order valence-corrected chi connectivity index (χ1v) is 6.21. The first kappa shape index (κ1) is 14.2. The monoisotopic (exact) mass is 277 g/mol. The van der Waals surface area contributed by atoms with Gasteiger partial charge in [-0.25, -0.2) is 14.2 Å². The SMILES string of the molecule is Cc1cc(F)ccc1-c1nc(C(C)(C)C)c(C(=O)O)o1. The van der Waals surface area contributed by atoms with Crippen LogP contribution in [0.1, 0.15) is 42.6 Å². The molecule has 0 radical (unpaired) electrons. The van der Waals surface area contributed by atoms with E-state index < -0.39 is 11.4 Å². The molecule has 0 aliphatic heterocycles. The number of carbonyl (C=O) groups is 1. The lowest BCUT2D eigenvalue weighted by atomic mass is 9.91. The summed E-state index contributed by atoms with van der Waals surface area (Å²) in [5.74, 6) is -1.48. The molecule has 20 heavy (non-hydrogen) atoms. The molecule has 2 rings (SSSR count). The molecule has 0 unspecified atom stereocenters.